The molecule has 0 spiro atoms. The van der Waals surface area contributed by atoms with Gasteiger partial charge < -0.3 is 5.73 Å². The molecule has 1 atom stereocenters. The average Bonchev–Trinajstić information content (AvgIpc) is 2.56. The maximum absolute atomic E-state index is 12.8. The molecule has 1 unspecified atom stereocenters. The van der Waals surface area contributed by atoms with Gasteiger partial charge >= 0.3 is 0 Å². The quantitative estimate of drug-likeness (QED) is 0.763. The van der Waals surface area contributed by atoms with Crippen LogP contribution in [0.1, 0.15) is 30.2 Å². The number of rotatable bonds is 1. The summed E-state index contributed by atoms with van der Waals surface area (Å²) in [5.74, 6) is -2.48. The summed E-state index contributed by atoms with van der Waals surface area (Å²) in [5.41, 5.74) is 5.31. The molecule has 0 saturated heterocycles. The normalized spacial score (nSPS) is 26.5. The summed E-state index contributed by atoms with van der Waals surface area (Å²) in [7, 11) is 0. The van der Waals surface area contributed by atoms with Crippen LogP contribution in [0.2, 0.25) is 0 Å². The Bertz CT molecular complexity index is 312. The minimum Gasteiger partial charge on any atom is -0.367 e. The van der Waals surface area contributed by atoms with E-state index in [1.165, 1.54) is 0 Å². The molecule has 1 aromatic heterocycles. The minimum atomic E-state index is -2.52. The van der Waals surface area contributed by atoms with Crippen molar-refractivity contribution in [1.29, 1.82) is 0 Å². The molecular weight excluding hydrogens is 196 g/mol. The molecule has 1 aromatic rings. The van der Waals surface area contributed by atoms with E-state index in [-0.39, 0.29) is 24.7 Å². The summed E-state index contributed by atoms with van der Waals surface area (Å²) in [4.78, 5) is 3.91. The zero-order valence-corrected chi connectivity index (χ0v) is 7.65. The van der Waals surface area contributed by atoms with Gasteiger partial charge in [-0.15, -0.1) is 0 Å². The molecular formula is C7H9F2N3S. The Balaban J connectivity index is 2.12. The zero-order chi connectivity index (χ0) is 9.47. The maximum Gasteiger partial charge on any atom is 0.248 e. The van der Waals surface area contributed by atoms with Crippen LogP contribution in [0.4, 0.5) is 14.7 Å². The molecule has 1 aliphatic carbocycles. The molecule has 0 aliphatic heterocycles. The molecule has 0 aromatic carbocycles. The van der Waals surface area contributed by atoms with Crippen LogP contribution in [0.3, 0.4) is 0 Å². The van der Waals surface area contributed by atoms with Gasteiger partial charge in [0.25, 0.3) is 0 Å². The molecule has 3 nitrogen and oxygen atoms in total. The predicted molar refractivity (Wildman–Crippen MR) is 45.9 cm³/mol. The summed E-state index contributed by atoms with van der Waals surface area (Å²) in [6.07, 6.45) is 0.334. The average molecular weight is 205 g/mol. The van der Waals surface area contributed by atoms with Gasteiger partial charge in [-0.3, -0.25) is 0 Å². The summed E-state index contributed by atoms with van der Waals surface area (Å²) in [6.45, 7) is 0. The largest absolute Gasteiger partial charge is 0.367 e. The van der Waals surface area contributed by atoms with Gasteiger partial charge in [0.1, 0.15) is 5.01 Å². The summed E-state index contributed by atoms with van der Waals surface area (Å²) in [6, 6.07) is 0. The zero-order valence-electron chi connectivity index (χ0n) is 6.83. The fourth-order valence-corrected chi connectivity index (χ4v) is 2.29. The summed E-state index contributed by atoms with van der Waals surface area (Å²) in [5, 5.41) is 0.648. The van der Waals surface area contributed by atoms with Crippen LogP contribution in [-0.4, -0.2) is 15.3 Å². The lowest BCUT2D eigenvalue weighted by atomic mass is 10.1. The molecule has 1 aliphatic rings. The number of alkyl halides is 2. The third-order valence-corrected chi connectivity index (χ3v) is 3.10. The fraction of sp³-hybridized carbons (Fsp3) is 0.714. The number of nitrogens with two attached hydrogens (primary N) is 1. The number of hydrogen-bond acceptors (Lipinski definition) is 4. The van der Waals surface area contributed by atoms with E-state index in [1.54, 1.807) is 0 Å². The number of hydrogen-bond donors (Lipinski definition) is 1. The predicted octanol–water partition coefficient (Wildman–Crippen LogP) is 2.02. The number of halogens is 2. The Kier molecular flexibility index (Phi) is 1.94. The van der Waals surface area contributed by atoms with Crippen molar-refractivity contribution < 1.29 is 8.78 Å². The van der Waals surface area contributed by atoms with E-state index in [4.69, 9.17) is 5.73 Å². The standard InChI is InChI=1S/C7H9F2N3S/c8-7(9)2-1-4(3-7)5-11-6(10)12-13-5/h4H,1-3H2,(H2,10,12). The molecule has 1 fully saturated rings. The van der Waals surface area contributed by atoms with Crippen LogP contribution in [0.25, 0.3) is 0 Å². The van der Waals surface area contributed by atoms with E-state index >= 15 is 0 Å². The second-order valence-corrected chi connectivity index (χ2v) is 4.07. The third-order valence-electron chi connectivity index (χ3n) is 2.21. The van der Waals surface area contributed by atoms with Gasteiger partial charge in [-0.1, -0.05) is 0 Å². The third kappa shape index (κ3) is 1.77. The van der Waals surface area contributed by atoms with Gasteiger partial charge in [0.05, 0.1) is 0 Å². The lowest BCUT2D eigenvalue weighted by Gasteiger charge is -2.06. The number of nitrogens with zero attached hydrogens (tertiary/aromatic N) is 2. The Morgan fingerprint density at radius 2 is 2.31 bits per heavy atom. The molecule has 2 N–H and O–H groups in total. The van der Waals surface area contributed by atoms with Gasteiger partial charge in [0, 0.05) is 18.8 Å². The highest BCUT2D eigenvalue weighted by Gasteiger charge is 2.41. The van der Waals surface area contributed by atoms with Gasteiger partial charge in [0.15, 0.2) is 0 Å². The van der Waals surface area contributed by atoms with Crippen LogP contribution in [0, 0.1) is 0 Å². The van der Waals surface area contributed by atoms with Crippen molar-refractivity contribution in [1.82, 2.24) is 9.36 Å². The van der Waals surface area contributed by atoms with Crippen molar-refractivity contribution in [2.75, 3.05) is 5.73 Å². The number of aromatic nitrogens is 2. The van der Waals surface area contributed by atoms with Crippen molar-refractivity contribution in [3.8, 4) is 0 Å². The van der Waals surface area contributed by atoms with Gasteiger partial charge in [0.2, 0.25) is 11.9 Å². The van der Waals surface area contributed by atoms with E-state index in [1.807, 2.05) is 0 Å². The van der Waals surface area contributed by atoms with E-state index in [9.17, 15) is 8.78 Å². The van der Waals surface area contributed by atoms with Crippen LogP contribution in [0.15, 0.2) is 0 Å². The van der Waals surface area contributed by atoms with Crippen molar-refractivity contribution >= 4 is 17.5 Å². The van der Waals surface area contributed by atoms with Gasteiger partial charge in [-0.2, -0.15) is 4.37 Å². The van der Waals surface area contributed by atoms with Crippen LogP contribution in [0.5, 0.6) is 0 Å². The lowest BCUT2D eigenvalue weighted by Crippen LogP contribution is -2.09. The lowest BCUT2D eigenvalue weighted by molar-refractivity contribution is 0.00776. The topological polar surface area (TPSA) is 51.8 Å². The second kappa shape index (κ2) is 2.87. The van der Waals surface area contributed by atoms with E-state index in [2.05, 4.69) is 9.36 Å². The minimum absolute atomic E-state index is 0.0445. The SMILES string of the molecule is Nc1nsc(C2CCC(F)(F)C2)n1. The molecule has 1 heterocycles. The van der Waals surface area contributed by atoms with Crippen molar-refractivity contribution in [2.24, 2.45) is 0 Å². The molecule has 0 amide bonds. The first-order valence-electron chi connectivity index (χ1n) is 4.04. The number of nitrogen functional groups attached to an aromatic ring is 1. The summed E-state index contributed by atoms with van der Waals surface area (Å²) < 4.78 is 29.4. The van der Waals surface area contributed by atoms with E-state index < -0.39 is 5.92 Å². The smallest absolute Gasteiger partial charge is 0.248 e. The highest BCUT2D eigenvalue weighted by molar-refractivity contribution is 7.05. The molecule has 2 rings (SSSR count). The first kappa shape index (κ1) is 8.80. The van der Waals surface area contributed by atoms with Crippen LogP contribution in [-0.2, 0) is 0 Å². The van der Waals surface area contributed by atoms with Crippen LogP contribution >= 0.6 is 11.5 Å². The number of anilines is 1. The fourth-order valence-electron chi connectivity index (χ4n) is 1.57. The molecule has 0 bridgehead atoms. The molecule has 1 saturated carbocycles. The molecule has 6 heteroatoms. The second-order valence-electron chi connectivity index (χ2n) is 3.29. The first-order chi connectivity index (χ1) is 6.07. The van der Waals surface area contributed by atoms with Crippen molar-refractivity contribution in [3.63, 3.8) is 0 Å². The highest BCUT2D eigenvalue weighted by atomic mass is 32.1. The molecule has 72 valence electrons. The van der Waals surface area contributed by atoms with Crippen molar-refractivity contribution in [3.05, 3.63) is 5.01 Å². The Morgan fingerprint density at radius 1 is 1.54 bits per heavy atom. The maximum atomic E-state index is 12.8. The van der Waals surface area contributed by atoms with E-state index in [0.717, 1.165) is 11.5 Å². The Labute approximate surface area is 78.1 Å². The monoisotopic (exact) mass is 205 g/mol. The molecule has 0 radical (unpaired) electrons. The highest BCUT2D eigenvalue weighted by Crippen LogP contribution is 2.44. The first-order valence-corrected chi connectivity index (χ1v) is 4.81. The molecule has 13 heavy (non-hydrogen) atoms. The summed E-state index contributed by atoms with van der Waals surface area (Å²) >= 11 is 1.13. The van der Waals surface area contributed by atoms with Gasteiger partial charge in [-0.05, 0) is 18.0 Å². The van der Waals surface area contributed by atoms with Gasteiger partial charge in [-0.25, -0.2) is 13.8 Å². The van der Waals surface area contributed by atoms with Crippen LogP contribution < -0.4 is 5.73 Å². The Hall–Kier alpha value is -0.780. The Morgan fingerprint density at radius 3 is 2.77 bits per heavy atom. The van der Waals surface area contributed by atoms with Crippen molar-refractivity contribution in [2.45, 2.75) is 31.1 Å². The van der Waals surface area contributed by atoms with E-state index in [0.29, 0.717) is 11.4 Å².